The SMILES string of the molecule is CCCCCCCCCCCCCCCCOC(=O)CCCCCCCCCC(N)C(=O)OCCC(F)CCCCCCC. The minimum Gasteiger partial charge on any atom is -0.466 e. The first-order valence-electron chi connectivity index (χ1n) is 19.2. The van der Waals surface area contributed by atoms with E-state index in [1.807, 2.05) is 0 Å². The van der Waals surface area contributed by atoms with Crippen LogP contribution in [0.25, 0.3) is 0 Å². The molecule has 5 nitrogen and oxygen atoms in total. The van der Waals surface area contributed by atoms with Crippen molar-refractivity contribution in [2.45, 2.75) is 219 Å². The largest absolute Gasteiger partial charge is 0.466 e. The lowest BCUT2D eigenvalue weighted by Crippen LogP contribution is -2.32. The molecule has 0 radical (unpaired) electrons. The normalized spacial score (nSPS) is 12.7. The van der Waals surface area contributed by atoms with E-state index in [0.717, 1.165) is 70.6 Å². The number of alkyl halides is 1. The molecule has 44 heavy (non-hydrogen) atoms. The van der Waals surface area contributed by atoms with E-state index < -0.39 is 18.2 Å². The number of carbonyl (C=O) groups excluding carboxylic acids is 2. The molecular weight excluding hydrogens is 553 g/mol. The topological polar surface area (TPSA) is 78.6 Å². The molecule has 0 rings (SSSR count). The fourth-order valence-corrected chi connectivity index (χ4v) is 5.70. The first kappa shape index (κ1) is 42.8. The van der Waals surface area contributed by atoms with Crippen LogP contribution >= 0.6 is 0 Å². The summed E-state index contributed by atoms with van der Waals surface area (Å²) in [5, 5.41) is 0. The zero-order chi connectivity index (χ0) is 32.4. The van der Waals surface area contributed by atoms with Crippen molar-refractivity contribution >= 4 is 11.9 Å². The third-order valence-electron chi connectivity index (χ3n) is 8.76. The number of unbranched alkanes of at least 4 members (excludes halogenated alkanes) is 23. The van der Waals surface area contributed by atoms with Gasteiger partial charge in [0.1, 0.15) is 12.2 Å². The summed E-state index contributed by atoms with van der Waals surface area (Å²) in [6.45, 7) is 5.13. The summed E-state index contributed by atoms with van der Waals surface area (Å²) in [6.07, 6.45) is 32.5. The summed E-state index contributed by atoms with van der Waals surface area (Å²) in [5.74, 6) is -0.457. The second kappa shape index (κ2) is 34.7. The van der Waals surface area contributed by atoms with Crippen molar-refractivity contribution < 1.29 is 23.5 Å². The molecule has 0 saturated carbocycles. The van der Waals surface area contributed by atoms with Crippen molar-refractivity contribution in [1.82, 2.24) is 0 Å². The van der Waals surface area contributed by atoms with Crippen molar-refractivity contribution in [2.75, 3.05) is 13.2 Å². The van der Waals surface area contributed by atoms with Crippen molar-refractivity contribution in [3.05, 3.63) is 0 Å². The van der Waals surface area contributed by atoms with E-state index in [1.54, 1.807) is 0 Å². The van der Waals surface area contributed by atoms with Gasteiger partial charge in [0, 0.05) is 12.8 Å². The van der Waals surface area contributed by atoms with E-state index in [0.29, 0.717) is 25.9 Å². The highest BCUT2D eigenvalue weighted by Crippen LogP contribution is 2.15. The van der Waals surface area contributed by atoms with Gasteiger partial charge in [-0.15, -0.1) is 0 Å². The molecule has 0 aromatic rings. The van der Waals surface area contributed by atoms with Crippen LogP contribution < -0.4 is 5.73 Å². The second-order valence-electron chi connectivity index (χ2n) is 13.2. The lowest BCUT2D eigenvalue weighted by Gasteiger charge is -2.13. The third-order valence-corrected chi connectivity index (χ3v) is 8.76. The first-order valence-corrected chi connectivity index (χ1v) is 19.2. The molecule has 6 heteroatoms. The van der Waals surface area contributed by atoms with E-state index >= 15 is 0 Å². The van der Waals surface area contributed by atoms with Crippen LogP contribution in [0.15, 0.2) is 0 Å². The molecule has 0 aliphatic rings. The number of hydrogen-bond acceptors (Lipinski definition) is 5. The second-order valence-corrected chi connectivity index (χ2v) is 13.2. The fraction of sp³-hybridized carbons (Fsp3) is 0.947. The summed E-state index contributed by atoms with van der Waals surface area (Å²) in [7, 11) is 0. The number of nitrogens with two attached hydrogens (primary N) is 1. The van der Waals surface area contributed by atoms with Gasteiger partial charge < -0.3 is 15.2 Å². The Bertz CT molecular complexity index is 618. The van der Waals surface area contributed by atoms with Gasteiger partial charge in [-0.3, -0.25) is 9.59 Å². The van der Waals surface area contributed by atoms with Gasteiger partial charge in [-0.05, 0) is 25.7 Å². The van der Waals surface area contributed by atoms with E-state index in [4.69, 9.17) is 15.2 Å². The number of rotatable bonds is 35. The maximum atomic E-state index is 13.9. The van der Waals surface area contributed by atoms with E-state index in [-0.39, 0.29) is 19.0 Å². The standard InChI is InChI=1S/C38H74FNO4/c1-3-5-7-9-10-11-12-13-14-15-16-20-24-28-33-43-37(41)31-27-23-19-17-18-22-26-30-36(40)38(42)44-34-32-35(39)29-25-21-8-6-4-2/h35-36H,3-34,40H2,1-2H3. The Hall–Kier alpha value is -1.17. The lowest BCUT2D eigenvalue weighted by molar-refractivity contribution is -0.146. The van der Waals surface area contributed by atoms with Crippen molar-refractivity contribution in [3.63, 3.8) is 0 Å². The molecule has 0 aliphatic carbocycles. The third kappa shape index (κ3) is 32.2. The molecule has 0 heterocycles. The minimum absolute atomic E-state index is 0.0509. The highest BCUT2D eigenvalue weighted by atomic mass is 19.1. The van der Waals surface area contributed by atoms with Crippen molar-refractivity contribution in [2.24, 2.45) is 5.73 Å². The Morgan fingerprint density at radius 3 is 1.41 bits per heavy atom. The number of carbonyl (C=O) groups is 2. The Balaban J connectivity index is 3.39. The molecule has 2 unspecified atom stereocenters. The van der Waals surface area contributed by atoms with Gasteiger partial charge in [0.05, 0.1) is 13.2 Å². The summed E-state index contributed by atoms with van der Waals surface area (Å²) in [6, 6.07) is -0.613. The maximum absolute atomic E-state index is 13.9. The monoisotopic (exact) mass is 628 g/mol. The van der Waals surface area contributed by atoms with Gasteiger partial charge >= 0.3 is 11.9 Å². The Labute approximate surface area is 272 Å². The van der Waals surface area contributed by atoms with Crippen LogP contribution in [-0.2, 0) is 19.1 Å². The van der Waals surface area contributed by atoms with Gasteiger partial charge in [-0.2, -0.15) is 0 Å². The average molecular weight is 628 g/mol. The predicted octanol–water partition coefficient (Wildman–Crippen LogP) is 11.5. The quantitative estimate of drug-likeness (QED) is 0.0558. The number of hydrogen-bond donors (Lipinski definition) is 1. The highest BCUT2D eigenvalue weighted by molar-refractivity contribution is 5.75. The molecule has 0 spiro atoms. The number of ether oxygens (including phenoxy) is 2. The zero-order valence-corrected chi connectivity index (χ0v) is 29.4. The molecule has 0 fully saturated rings. The van der Waals surface area contributed by atoms with Crippen LogP contribution in [0, 0.1) is 0 Å². The molecule has 0 bridgehead atoms. The summed E-state index contributed by atoms with van der Waals surface area (Å²) < 4.78 is 24.5. The van der Waals surface area contributed by atoms with Gasteiger partial charge in [0.15, 0.2) is 0 Å². The van der Waals surface area contributed by atoms with E-state index in [1.165, 1.54) is 96.3 Å². The minimum atomic E-state index is -0.898. The van der Waals surface area contributed by atoms with Crippen LogP contribution in [0.3, 0.4) is 0 Å². The van der Waals surface area contributed by atoms with Crippen LogP contribution in [0.5, 0.6) is 0 Å². The number of halogens is 1. The smallest absolute Gasteiger partial charge is 0.322 e. The fourth-order valence-electron chi connectivity index (χ4n) is 5.70. The molecule has 0 amide bonds. The van der Waals surface area contributed by atoms with Crippen LogP contribution in [-0.4, -0.2) is 37.4 Å². The lowest BCUT2D eigenvalue weighted by atomic mass is 10.0. The zero-order valence-electron chi connectivity index (χ0n) is 29.4. The van der Waals surface area contributed by atoms with Crippen LogP contribution in [0.1, 0.15) is 206 Å². The Morgan fingerprint density at radius 1 is 0.500 bits per heavy atom. The molecule has 2 N–H and O–H groups in total. The van der Waals surface area contributed by atoms with Gasteiger partial charge in [0.25, 0.3) is 0 Å². The first-order chi connectivity index (χ1) is 21.5. The summed E-state index contributed by atoms with van der Waals surface area (Å²) in [5.41, 5.74) is 5.96. The molecule has 262 valence electrons. The Morgan fingerprint density at radius 2 is 0.909 bits per heavy atom. The van der Waals surface area contributed by atoms with E-state index in [9.17, 15) is 14.0 Å². The number of esters is 2. The molecule has 0 aliphatic heterocycles. The molecule has 0 aromatic heterocycles. The molecule has 0 aromatic carbocycles. The maximum Gasteiger partial charge on any atom is 0.322 e. The average Bonchev–Trinajstić information content (AvgIpc) is 3.01. The van der Waals surface area contributed by atoms with Crippen molar-refractivity contribution in [1.29, 1.82) is 0 Å². The summed E-state index contributed by atoms with van der Waals surface area (Å²) in [4.78, 5) is 24.0. The van der Waals surface area contributed by atoms with Gasteiger partial charge in [0.2, 0.25) is 0 Å². The van der Waals surface area contributed by atoms with Crippen molar-refractivity contribution in [3.8, 4) is 0 Å². The van der Waals surface area contributed by atoms with Crippen LogP contribution in [0.2, 0.25) is 0 Å². The molecule has 2 atom stereocenters. The molecule has 0 saturated heterocycles. The Kier molecular flexibility index (Phi) is 33.8. The van der Waals surface area contributed by atoms with E-state index in [2.05, 4.69) is 13.8 Å². The van der Waals surface area contributed by atoms with Gasteiger partial charge in [-0.1, -0.05) is 168 Å². The van der Waals surface area contributed by atoms with Crippen LogP contribution in [0.4, 0.5) is 4.39 Å². The van der Waals surface area contributed by atoms with Gasteiger partial charge in [-0.25, -0.2) is 4.39 Å². The summed E-state index contributed by atoms with van der Waals surface area (Å²) >= 11 is 0. The predicted molar refractivity (Wildman–Crippen MR) is 185 cm³/mol. The molecular formula is C38H74FNO4. The highest BCUT2D eigenvalue weighted by Gasteiger charge is 2.15.